The van der Waals surface area contributed by atoms with Gasteiger partial charge in [-0.1, -0.05) is 0 Å². The predicted octanol–water partition coefficient (Wildman–Crippen LogP) is -1.19. The van der Waals surface area contributed by atoms with E-state index in [0.717, 1.165) is 6.54 Å². The molecular weight excluding hydrogens is 198 g/mol. The van der Waals surface area contributed by atoms with Crippen molar-refractivity contribution in [1.82, 2.24) is 9.80 Å². The minimum atomic E-state index is -0.891. The average Bonchev–Trinajstić information content (AvgIpc) is 2.08. The van der Waals surface area contributed by atoms with Crippen molar-refractivity contribution in [3.8, 4) is 0 Å². The highest BCUT2D eigenvalue weighted by molar-refractivity contribution is 5.74. The molecule has 0 atom stereocenters. The lowest BCUT2D eigenvalue weighted by Crippen LogP contribution is -2.37. The number of aliphatic carboxylic acids is 1. The number of carboxylic acid groups (broad SMARTS) is 1. The topological polar surface area (TPSA) is 86.9 Å². The molecule has 0 fully saturated rings. The Bertz CT molecular complexity index is 219. The Morgan fingerprint density at radius 2 is 1.80 bits per heavy atom. The van der Waals surface area contributed by atoms with Crippen LogP contribution in [0.1, 0.15) is 6.42 Å². The number of hydrogen-bond donors (Lipinski definition) is 2. The third-order valence-corrected chi connectivity index (χ3v) is 1.90. The first-order chi connectivity index (χ1) is 6.91. The molecule has 0 aromatic rings. The fourth-order valence-corrected chi connectivity index (χ4v) is 1.07. The van der Waals surface area contributed by atoms with Crippen LogP contribution in [-0.2, 0) is 9.59 Å². The van der Waals surface area contributed by atoms with Crippen molar-refractivity contribution in [2.45, 2.75) is 6.42 Å². The van der Waals surface area contributed by atoms with Gasteiger partial charge in [-0.05, 0) is 14.1 Å². The van der Waals surface area contributed by atoms with E-state index in [1.807, 2.05) is 19.0 Å². The van der Waals surface area contributed by atoms with Crippen molar-refractivity contribution < 1.29 is 14.7 Å². The smallest absolute Gasteiger partial charge is 0.317 e. The third-order valence-electron chi connectivity index (χ3n) is 1.90. The van der Waals surface area contributed by atoms with Crippen LogP contribution >= 0.6 is 0 Å². The van der Waals surface area contributed by atoms with E-state index in [9.17, 15) is 9.59 Å². The van der Waals surface area contributed by atoms with Crippen molar-refractivity contribution in [3.63, 3.8) is 0 Å². The minimum absolute atomic E-state index is 0.0544. The molecule has 0 unspecified atom stereocenters. The van der Waals surface area contributed by atoms with E-state index in [-0.39, 0.29) is 13.0 Å². The lowest BCUT2D eigenvalue weighted by atomic mass is 10.3. The second-order valence-corrected chi connectivity index (χ2v) is 3.69. The normalized spacial score (nSPS) is 10.9. The van der Waals surface area contributed by atoms with Gasteiger partial charge in [0.15, 0.2) is 0 Å². The fourth-order valence-electron chi connectivity index (χ4n) is 1.07. The highest BCUT2D eigenvalue weighted by Crippen LogP contribution is 1.92. The number of nitrogens with zero attached hydrogens (tertiary/aromatic N) is 2. The van der Waals surface area contributed by atoms with E-state index in [1.54, 1.807) is 4.90 Å². The summed E-state index contributed by atoms with van der Waals surface area (Å²) in [6.07, 6.45) is 0.195. The van der Waals surface area contributed by atoms with Gasteiger partial charge in [0.25, 0.3) is 0 Å². The highest BCUT2D eigenvalue weighted by atomic mass is 16.4. The van der Waals surface area contributed by atoms with Gasteiger partial charge in [0.1, 0.15) is 0 Å². The summed E-state index contributed by atoms with van der Waals surface area (Å²) >= 11 is 0. The predicted molar refractivity (Wildman–Crippen MR) is 56.4 cm³/mol. The number of rotatable bonds is 8. The molecule has 6 heteroatoms. The number of hydrogen-bond acceptors (Lipinski definition) is 4. The number of amides is 1. The summed E-state index contributed by atoms with van der Waals surface area (Å²) in [5.41, 5.74) is 5.00. The summed E-state index contributed by atoms with van der Waals surface area (Å²) in [5, 5.41) is 8.64. The van der Waals surface area contributed by atoms with Crippen molar-refractivity contribution in [2.24, 2.45) is 5.73 Å². The zero-order valence-electron chi connectivity index (χ0n) is 9.27. The van der Waals surface area contributed by atoms with Crippen LogP contribution in [-0.4, -0.2) is 67.1 Å². The standard InChI is InChI=1S/C9H19N3O3/c1-11(2)5-6-12(7-9(14)15)4-3-8(10)13/h3-7H2,1-2H3,(H2,10,13)(H,14,15). The monoisotopic (exact) mass is 217 g/mol. The molecule has 0 aromatic carbocycles. The molecule has 0 saturated carbocycles. The second kappa shape index (κ2) is 7.19. The zero-order valence-corrected chi connectivity index (χ0v) is 9.27. The molecule has 3 N–H and O–H groups in total. The van der Waals surface area contributed by atoms with Gasteiger partial charge in [-0.15, -0.1) is 0 Å². The lowest BCUT2D eigenvalue weighted by molar-refractivity contribution is -0.138. The highest BCUT2D eigenvalue weighted by Gasteiger charge is 2.10. The molecule has 1 amide bonds. The molecule has 0 spiro atoms. The second-order valence-electron chi connectivity index (χ2n) is 3.69. The Kier molecular flexibility index (Phi) is 6.64. The molecule has 0 aliphatic heterocycles. The number of carbonyl (C=O) groups excluding carboxylic acids is 1. The van der Waals surface area contributed by atoms with E-state index in [1.165, 1.54) is 0 Å². The van der Waals surface area contributed by atoms with Crippen molar-refractivity contribution in [1.29, 1.82) is 0 Å². The molecule has 88 valence electrons. The van der Waals surface area contributed by atoms with Gasteiger partial charge >= 0.3 is 5.97 Å². The number of likely N-dealkylation sites (N-methyl/N-ethyl adjacent to an activating group) is 1. The van der Waals surface area contributed by atoms with E-state index in [0.29, 0.717) is 13.1 Å². The number of primary amides is 1. The van der Waals surface area contributed by atoms with Gasteiger partial charge in [-0.25, -0.2) is 0 Å². The van der Waals surface area contributed by atoms with E-state index in [2.05, 4.69) is 0 Å². The lowest BCUT2D eigenvalue weighted by Gasteiger charge is -2.21. The summed E-state index contributed by atoms with van der Waals surface area (Å²) < 4.78 is 0. The largest absolute Gasteiger partial charge is 0.480 e. The Balaban J connectivity index is 3.94. The van der Waals surface area contributed by atoms with E-state index in [4.69, 9.17) is 10.8 Å². The molecule has 0 saturated heterocycles. The first kappa shape index (κ1) is 13.9. The van der Waals surface area contributed by atoms with Crippen LogP contribution in [0.2, 0.25) is 0 Å². The maximum atomic E-state index is 10.6. The molecule has 0 rings (SSSR count). The first-order valence-electron chi connectivity index (χ1n) is 4.79. The maximum Gasteiger partial charge on any atom is 0.317 e. The first-order valence-corrected chi connectivity index (χ1v) is 4.79. The van der Waals surface area contributed by atoms with Crippen LogP contribution in [0.4, 0.5) is 0 Å². The van der Waals surface area contributed by atoms with Gasteiger partial charge in [0, 0.05) is 26.1 Å². The summed E-state index contributed by atoms with van der Waals surface area (Å²) in [7, 11) is 3.82. The van der Waals surface area contributed by atoms with Crippen LogP contribution in [0.15, 0.2) is 0 Å². The van der Waals surface area contributed by atoms with Crippen molar-refractivity contribution in [3.05, 3.63) is 0 Å². The Labute approximate surface area is 89.6 Å². The van der Waals surface area contributed by atoms with Crippen LogP contribution in [0.3, 0.4) is 0 Å². The fraction of sp³-hybridized carbons (Fsp3) is 0.778. The van der Waals surface area contributed by atoms with Gasteiger partial charge in [-0.3, -0.25) is 14.5 Å². The summed E-state index contributed by atoms with van der Waals surface area (Å²) in [6.45, 7) is 1.72. The number of carbonyl (C=O) groups is 2. The van der Waals surface area contributed by atoms with Crippen molar-refractivity contribution >= 4 is 11.9 Å². The Morgan fingerprint density at radius 1 is 1.20 bits per heavy atom. The van der Waals surface area contributed by atoms with E-state index >= 15 is 0 Å². The average molecular weight is 217 g/mol. The van der Waals surface area contributed by atoms with Crippen LogP contribution in [0.5, 0.6) is 0 Å². The third kappa shape index (κ3) is 9.17. The molecule has 0 aromatic heterocycles. The summed E-state index contributed by atoms with van der Waals surface area (Å²) in [4.78, 5) is 24.8. The number of nitrogens with two attached hydrogens (primary N) is 1. The van der Waals surface area contributed by atoms with E-state index < -0.39 is 11.9 Å². The quantitative estimate of drug-likeness (QED) is 0.534. The number of carboxylic acids is 1. The van der Waals surface area contributed by atoms with Crippen molar-refractivity contribution in [2.75, 3.05) is 40.3 Å². The van der Waals surface area contributed by atoms with Gasteiger partial charge < -0.3 is 15.7 Å². The van der Waals surface area contributed by atoms with Gasteiger partial charge in [0.05, 0.1) is 6.54 Å². The van der Waals surface area contributed by atoms with Crippen LogP contribution in [0.25, 0.3) is 0 Å². The van der Waals surface area contributed by atoms with Gasteiger partial charge in [-0.2, -0.15) is 0 Å². The van der Waals surface area contributed by atoms with Crippen LogP contribution < -0.4 is 5.73 Å². The molecule has 0 aliphatic carbocycles. The van der Waals surface area contributed by atoms with Gasteiger partial charge in [0.2, 0.25) is 5.91 Å². The summed E-state index contributed by atoms with van der Waals surface area (Å²) in [5.74, 6) is -1.30. The maximum absolute atomic E-state index is 10.6. The molecule has 0 aliphatic rings. The Morgan fingerprint density at radius 3 is 2.20 bits per heavy atom. The molecule has 0 radical (unpaired) electrons. The molecule has 0 heterocycles. The minimum Gasteiger partial charge on any atom is -0.480 e. The zero-order chi connectivity index (χ0) is 11.8. The Hall–Kier alpha value is -1.14. The molecular formula is C9H19N3O3. The van der Waals surface area contributed by atoms with Crippen LogP contribution in [0, 0.1) is 0 Å². The summed E-state index contributed by atoms with van der Waals surface area (Å²) in [6, 6.07) is 0. The molecule has 6 nitrogen and oxygen atoms in total. The molecule has 0 bridgehead atoms. The SMILES string of the molecule is CN(C)CCN(CCC(N)=O)CC(=O)O. The molecule has 15 heavy (non-hydrogen) atoms.